The molecule has 20 heavy (non-hydrogen) atoms. The monoisotopic (exact) mass is 440 g/mol. The van der Waals surface area contributed by atoms with Crippen molar-refractivity contribution in [3.05, 3.63) is 56.6 Å². The maximum Gasteiger partial charge on any atom is 0.230 e. The van der Waals surface area contributed by atoms with Crippen LogP contribution < -0.4 is 5.73 Å². The number of hydrogen-bond acceptors (Lipinski definition) is 3. The highest BCUT2D eigenvalue weighted by Gasteiger charge is 2.17. The van der Waals surface area contributed by atoms with Crippen LogP contribution in [0.1, 0.15) is 0 Å². The van der Waals surface area contributed by atoms with Gasteiger partial charge < -0.3 is 10.3 Å². The van der Waals surface area contributed by atoms with Crippen molar-refractivity contribution in [2.75, 3.05) is 5.73 Å². The third-order valence-corrected chi connectivity index (χ3v) is 4.09. The van der Waals surface area contributed by atoms with Gasteiger partial charge in [-0.2, -0.15) is 0 Å². The molecule has 0 aliphatic heterocycles. The molecule has 3 aromatic rings. The first-order chi connectivity index (χ1) is 9.65. The Kier molecular flexibility index (Phi) is 3.80. The fourth-order valence-corrected chi connectivity index (χ4v) is 3.00. The third-order valence-electron chi connectivity index (χ3n) is 2.93. The van der Waals surface area contributed by atoms with Crippen molar-refractivity contribution < 1.29 is 4.52 Å². The highest BCUT2D eigenvalue weighted by atomic mass is 127. The molecule has 0 amide bonds. The fraction of sp³-hybridized carbons (Fsp3) is 0. The first-order valence-corrected chi connectivity index (χ1v) is 7.79. The van der Waals surface area contributed by atoms with Crippen LogP contribution in [0, 0.1) is 3.57 Å². The number of halogens is 2. The summed E-state index contributed by atoms with van der Waals surface area (Å²) in [5, 5.41) is 4.11. The molecule has 0 aliphatic rings. The van der Waals surface area contributed by atoms with Crippen LogP contribution in [0.4, 0.5) is 5.88 Å². The first kappa shape index (κ1) is 13.6. The quantitative estimate of drug-likeness (QED) is 0.573. The van der Waals surface area contributed by atoms with Gasteiger partial charge in [0, 0.05) is 13.6 Å². The van der Waals surface area contributed by atoms with Crippen molar-refractivity contribution >= 4 is 44.4 Å². The van der Waals surface area contributed by atoms with E-state index in [1.54, 1.807) is 0 Å². The molecule has 0 fully saturated rings. The Balaban J connectivity index is 2.20. The van der Waals surface area contributed by atoms with Crippen molar-refractivity contribution in [2.45, 2.75) is 0 Å². The van der Waals surface area contributed by atoms with E-state index >= 15 is 0 Å². The summed E-state index contributed by atoms with van der Waals surface area (Å²) in [5.74, 6) is 0.331. The average Bonchev–Trinajstić information content (AvgIpc) is 2.80. The zero-order valence-electron chi connectivity index (χ0n) is 10.3. The summed E-state index contributed by atoms with van der Waals surface area (Å²) < 4.78 is 7.32. The van der Waals surface area contributed by atoms with Crippen molar-refractivity contribution in [2.24, 2.45) is 0 Å². The van der Waals surface area contributed by atoms with Gasteiger partial charge >= 0.3 is 0 Å². The molecule has 3 rings (SSSR count). The highest BCUT2D eigenvalue weighted by molar-refractivity contribution is 14.1. The maximum absolute atomic E-state index is 5.95. The van der Waals surface area contributed by atoms with Gasteiger partial charge in [-0.05, 0) is 52.4 Å². The van der Waals surface area contributed by atoms with E-state index in [0.717, 1.165) is 30.4 Å². The van der Waals surface area contributed by atoms with Crippen LogP contribution in [-0.4, -0.2) is 5.16 Å². The molecule has 0 saturated heterocycles. The standard InChI is InChI=1S/C15H10BrIN2O/c16-11-5-1-3-9(7-11)13-14(19-20-15(13)18)10-4-2-6-12(17)8-10/h1-8H,18H2. The number of rotatable bonds is 2. The van der Waals surface area contributed by atoms with Gasteiger partial charge in [-0.3, -0.25) is 0 Å². The Bertz CT molecular complexity index is 770. The van der Waals surface area contributed by atoms with E-state index in [0.29, 0.717) is 5.88 Å². The number of nitrogens with zero attached hydrogens (tertiary/aromatic N) is 1. The fourth-order valence-electron chi connectivity index (χ4n) is 2.06. The Hall–Kier alpha value is -1.34. The van der Waals surface area contributed by atoms with Crippen LogP contribution in [0.5, 0.6) is 0 Å². The molecule has 0 radical (unpaired) electrons. The lowest BCUT2D eigenvalue weighted by atomic mass is 10.0. The molecule has 100 valence electrons. The minimum Gasteiger partial charge on any atom is -0.367 e. The van der Waals surface area contributed by atoms with Gasteiger partial charge in [0.15, 0.2) is 0 Å². The van der Waals surface area contributed by atoms with Gasteiger partial charge in [0.2, 0.25) is 5.88 Å². The third kappa shape index (κ3) is 2.60. The summed E-state index contributed by atoms with van der Waals surface area (Å²) >= 11 is 5.75. The summed E-state index contributed by atoms with van der Waals surface area (Å²) in [6, 6.07) is 16.0. The topological polar surface area (TPSA) is 52.0 Å². The molecule has 0 spiro atoms. The minimum atomic E-state index is 0.331. The second-order valence-corrected chi connectivity index (χ2v) is 6.45. The lowest BCUT2D eigenvalue weighted by Crippen LogP contribution is -1.88. The Morgan fingerprint density at radius 1 is 1.05 bits per heavy atom. The first-order valence-electron chi connectivity index (χ1n) is 5.92. The highest BCUT2D eigenvalue weighted by Crippen LogP contribution is 2.37. The van der Waals surface area contributed by atoms with Gasteiger partial charge in [-0.1, -0.05) is 45.4 Å². The molecule has 1 heterocycles. The number of nitrogen functional groups attached to an aromatic ring is 1. The largest absolute Gasteiger partial charge is 0.367 e. The van der Waals surface area contributed by atoms with Crippen LogP contribution >= 0.6 is 38.5 Å². The van der Waals surface area contributed by atoms with Crippen molar-refractivity contribution in [1.29, 1.82) is 0 Å². The molecule has 1 aromatic heterocycles. The number of aromatic nitrogens is 1. The molecule has 2 aromatic carbocycles. The van der Waals surface area contributed by atoms with Gasteiger partial charge in [0.25, 0.3) is 0 Å². The summed E-state index contributed by atoms with van der Waals surface area (Å²) in [7, 11) is 0. The van der Waals surface area contributed by atoms with E-state index in [-0.39, 0.29) is 0 Å². The zero-order valence-corrected chi connectivity index (χ0v) is 14.1. The normalized spacial score (nSPS) is 10.7. The van der Waals surface area contributed by atoms with E-state index in [9.17, 15) is 0 Å². The molecule has 0 atom stereocenters. The second-order valence-electron chi connectivity index (χ2n) is 4.29. The summed E-state index contributed by atoms with van der Waals surface area (Å²) in [5.41, 5.74) is 9.51. The number of hydrogen-bond donors (Lipinski definition) is 1. The van der Waals surface area contributed by atoms with Gasteiger partial charge in [0.05, 0.1) is 5.56 Å². The summed E-state index contributed by atoms with van der Waals surface area (Å²) in [6.45, 7) is 0. The predicted molar refractivity (Wildman–Crippen MR) is 92.2 cm³/mol. The minimum absolute atomic E-state index is 0.331. The molecular formula is C15H10BrIN2O. The Labute approximate surface area is 138 Å². The van der Waals surface area contributed by atoms with E-state index in [1.807, 2.05) is 42.5 Å². The smallest absolute Gasteiger partial charge is 0.230 e. The average molecular weight is 441 g/mol. The predicted octanol–water partition coefficient (Wildman–Crippen LogP) is 4.96. The van der Waals surface area contributed by atoms with Crippen LogP contribution in [0.25, 0.3) is 22.4 Å². The molecule has 0 saturated carbocycles. The summed E-state index contributed by atoms with van der Waals surface area (Å²) in [4.78, 5) is 0. The van der Waals surface area contributed by atoms with Crippen LogP contribution in [0.2, 0.25) is 0 Å². The number of anilines is 1. The number of nitrogens with two attached hydrogens (primary N) is 1. The van der Waals surface area contributed by atoms with E-state index in [2.05, 4.69) is 49.7 Å². The maximum atomic E-state index is 5.95. The summed E-state index contributed by atoms with van der Waals surface area (Å²) in [6.07, 6.45) is 0. The van der Waals surface area contributed by atoms with Gasteiger partial charge in [-0.15, -0.1) is 0 Å². The number of benzene rings is 2. The molecule has 3 nitrogen and oxygen atoms in total. The molecule has 2 N–H and O–H groups in total. The second kappa shape index (κ2) is 5.57. The molecule has 0 aliphatic carbocycles. The van der Waals surface area contributed by atoms with E-state index < -0.39 is 0 Å². The molecule has 0 bridgehead atoms. The van der Waals surface area contributed by atoms with Gasteiger partial charge in [0.1, 0.15) is 5.69 Å². The lowest BCUT2D eigenvalue weighted by Gasteiger charge is -2.04. The van der Waals surface area contributed by atoms with Gasteiger partial charge in [-0.25, -0.2) is 0 Å². The van der Waals surface area contributed by atoms with Crippen molar-refractivity contribution in [1.82, 2.24) is 5.16 Å². The molecular weight excluding hydrogens is 431 g/mol. The lowest BCUT2D eigenvalue weighted by molar-refractivity contribution is 0.439. The van der Waals surface area contributed by atoms with Crippen molar-refractivity contribution in [3.8, 4) is 22.4 Å². The Morgan fingerprint density at radius 2 is 1.80 bits per heavy atom. The van der Waals surface area contributed by atoms with Crippen LogP contribution in [-0.2, 0) is 0 Å². The van der Waals surface area contributed by atoms with Crippen LogP contribution in [0.3, 0.4) is 0 Å². The van der Waals surface area contributed by atoms with E-state index in [4.69, 9.17) is 10.3 Å². The van der Waals surface area contributed by atoms with E-state index in [1.165, 1.54) is 0 Å². The Morgan fingerprint density at radius 3 is 2.55 bits per heavy atom. The zero-order chi connectivity index (χ0) is 14.1. The molecule has 5 heteroatoms. The van der Waals surface area contributed by atoms with Crippen molar-refractivity contribution in [3.63, 3.8) is 0 Å². The molecule has 0 unspecified atom stereocenters. The van der Waals surface area contributed by atoms with Crippen LogP contribution in [0.15, 0.2) is 57.5 Å². The SMILES string of the molecule is Nc1onc(-c2cccc(I)c2)c1-c1cccc(Br)c1.